The smallest absolute Gasteiger partial charge is 0.206 e. The van der Waals surface area contributed by atoms with Crippen LogP contribution < -0.4 is 9.54 Å². The normalized spacial score (nSPS) is 12.2. The van der Waals surface area contributed by atoms with E-state index in [0.29, 0.717) is 17.8 Å². The van der Waals surface area contributed by atoms with Crippen molar-refractivity contribution in [3.05, 3.63) is 76.4 Å². The van der Waals surface area contributed by atoms with Gasteiger partial charge < -0.3 is 9.84 Å². The first-order valence-electron chi connectivity index (χ1n) is 8.84. The zero-order chi connectivity index (χ0) is 20.1. The van der Waals surface area contributed by atoms with E-state index in [9.17, 15) is 5.11 Å². The molecule has 0 saturated carbocycles. The number of benzene rings is 2. The highest BCUT2D eigenvalue weighted by Gasteiger charge is 2.13. The molecule has 0 bridgehead atoms. The lowest BCUT2D eigenvalue weighted by molar-refractivity contribution is 0.416. The molecule has 0 amide bonds. The van der Waals surface area contributed by atoms with E-state index in [1.54, 1.807) is 23.9 Å². The van der Waals surface area contributed by atoms with Crippen LogP contribution in [0.2, 0.25) is 0 Å². The van der Waals surface area contributed by atoms with E-state index in [1.807, 2.05) is 55.6 Å². The topological polar surface area (TPSA) is 59.1 Å². The van der Waals surface area contributed by atoms with Crippen LogP contribution in [0.3, 0.4) is 0 Å². The van der Waals surface area contributed by atoms with Crippen molar-refractivity contribution in [3.8, 4) is 22.8 Å². The third kappa shape index (κ3) is 4.23. The summed E-state index contributed by atoms with van der Waals surface area (Å²) in [5, 5.41) is 17.0. The monoisotopic (exact) mass is 393 g/mol. The first kappa shape index (κ1) is 19.6. The lowest BCUT2D eigenvalue weighted by Crippen LogP contribution is -2.15. The van der Waals surface area contributed by atoms with E-state index in [4.69, 9.17) is 9.84 Å². The van der Waals surface area contributed by atoms with E-state index in [2.05, 4.69) is 11.6 Å². The van der Waals surface area contributed by atoms with Crippen LogP contribution in [0.25, 0.3) is 11.3 Å². The lowest BCUT2D eigenvalue weighted by atomic mass is 10.1. The van der Waals surface area contributed by atoms with Crippen molar-refractivity contribution in [2.24, 2.45) is 10.1 Å². The molecular formula is C22H23N3O2S. The molecule has 0 spiro atoms. The van der Waals surface area contributed by atoms with Crippen LogP contribution in [0.4, 0.5) is 0 Å². The minimum Gasteiger partial charge on any atom is -0.507 e. The first-order valence-corrected chi connectivity index (χ1v) is 9.72. The Kier molecular flexibility index (Phi) is 6.11. The summed E-state index contributed by atoms with van der Waals surface area (Å²) < 4.78 is 7.33. The molecule has 3 rings (SSSR count). The van der Waals surface area contributed by atoms with Crippen molar-refractivity contribution in [1.82, 2.24) is 4.68 Å². The molecule has 0 saturated heterocycles. The number of nitrogens with zero attached hydrogens (tertiary/aromatic N) is 3. The number of ether oxygens (including phenoxy) is 1. The Bertz CT molecular complexity index is 1090. The Balaban J connectivity index is 2.21. The van der Waals surface area contributed by atoms with Crippen molar-refractivity contribution in [2.45, 2.75) is 13.8 Å². The summed E-state index contributed by atoms with van der Waals surface area (Å²) in [6.45, 7) is 8.26. The second-order valence-corrected chi connectivity index (χ2v) is 7.23. The van der Waals surface area contributed by atoms with Crippen LogP contribution in [-0.2, 0) is 0 Å². The van der Waals surface area contributed by atoms with Gasteiger partial charge in [0.25, 0.3) is 0 Å². The van der Waals surface area contributed by atoms with Gasteiger partial charge in [-0.3, -0.25) is 4.99 Å². The lowest BCUT2D eigenvalue weighted by Gasteiger charge is -2.10. The van der Waals surface area contributed by atoms with Crippen LogP contribution in [0, 0.1) is 0 Å². The van der Waals surface area contributed by atoms with Gasteiger partial charge in [0.1, 0.15) is 11.5 Å². The molecule has 3 aromatic rings. The average molecular weight is 394 g/mol. The van der Waals surface area contributed by atoms with Crippen molar-refractivity contribution in [3.63, 3.8) is 0 Å². The largest absolute Gasteiger partial charge is 0.507 e. The number of thiazole rings is 1. The third-order valence-electron chi connectivity index (χ3n) is 4.10. The Morgan fingerprint density at radius 2 is 1.86 bits per heavy atom. The number of aromatic nitrogens is 1. The maximum Gasteiger partial charge on any atom is 0.206 e. The number of hydrogen-bond acceptors (Lipinski definition) is 5. The van der Waals surface area contributed by atoms with Gasteiger partial charge in [0, 0.05) is 16.5 Å². The fraction of sp³-hybridized carbons (Fsp3) is 0.182. The van der Waals surface area contributed by atoms with Crippen LogP contribution >= 0.6 is 11.3 Å². The number of rotatable bonds is 6. The molecule has 6 heteroatoms. The fourth-order valence-electron chi connectivity index (χ4n) is 2.73. The van der Waals surface area contributed by atoms with E-state index in [-0.39, 0.29) is 5.75 Å². The standard InChI is InChI=1S/C22H23N3O2S/c1-15(2)13-23-22-25(24-16(3)17-9-5-7-11-20(17)26)19(14-28-22)18-10-6-8-12-21(18)27-4/h5-12,14,26H,1,13H2,2-4H3. The Morgan fingerprint density at radius 3 is 2.57 bits per heavy atom. The molecule has 0 aliphatic rings. The van der Waals surface area contributed by atoms with Crippen molar-refractivity contribution < 1.29 is 9.84 Å². The average Bonchev–Trinajstić information content (AvgIpc) is 3.08. The van der Waals surface area contributed by atoms with Gasteiger partial charge in [-0.25, -0.2) is 4.68 Å². The number of phenolic OH excluding ortho intramolecular Hbond substituents is 1. The highest BCUT2D eigenvalue weighted by molar-refractivity contribution is 7.07. The number of aromatic hydroxyl groups is 1. The summed E-state index contributed by atoms with van der Waals surface area (Å²) in [6, 6.07) is 15.0. The van der Waals surface area contributed by atoms with Gasteiger partial charge in [0.2, 0.25) is 4.80 Å². The van der Waals surface area contributed by atoms with E-state index in [0.717, 1.165) is 27.4 Å². The molecule has 0 aliphatic carbocycles. The number of phenols is 1. The van der Waals surface area contributed by atoms with E-state index in [1.165, 1.54) is 11.3 Å². The molecule has 2 aromatic carbocycles. The van der Waals surface area contributed by atoms with Crippen LogP contribution in [-0.4, -0.2) is 29.1 Å². The molecule has 144 valence electrons. The highest BCUT2D eigenvalue weighted by atomic mass is 32.1. The van der Waals surface area contributed by atoms with Gasteiger partial charge in [-0.2, -0.15) is 5.10 Å². The second kappa shape index (κ2) is 8.71. The van der Waals surface area contributed by atoms with Gasteiger partial charge >= 0.3 is 0 Å². The van der Waals surface area contributed by atoms with Crippen LogP contribution in [0.15, 0.2) is 76.2 Å². The van der Waals surface area contributed by atoms with E-state index < -0.39 is 0 Å². The minimum absolute atomic E-state index is 0.193. The van der Waals surface area contributed by atoms with Crippen LogP contribution in [0.5, 0.6) is 11.5 Å². The third-order valence-corrected chi connectivity index (χ3v) is 4.95. The van der Waals surface area contributed by atoms with Gasteiger partial charge in [-0.05, 0) is 38.1 Å². The summed E-state index contributed by atoms with van der Waals surface area (Å²) in [6.07, 6.45) is 0. The van der Waals surface area contributed by atoms with Crippen LogP contribution in [0.1, 0.15) is 19.4 Å². The molecule has 5 nitrogen and oxygen atoms in total. The summed E-state index contributed by atoms with van der Waals surface area (Å²) in [5.74, 6) is 0.953. The molecule has 0 aliphatic heterocycles. The maximum absolute atomic E-state index is 10.2. The number of para-hydroxylation sites is 2. The molecule has 1 heterocycles. The predicted molar refractivity (Wildman–Crippen MR) is 115 cm³/mol. The molecule has 0 atom stereocenters. The molecule has 0 radical (unpaired) electrons. The Hall–Kier alpha value is -3.12. The molecule has 0 unspecified atom stereocenters. The second-order valence-electron chi connectivity index (χ2n) is 6.39. The van der Waals surface area contributed by atoms with Crippen molar-refractivity contribution >= 4 is 17.0 Å². The minimum atomic E-state index is 0.193. The molecular weight excluding hydrogens is 370 g/mol. The van der Waals surface area contributed by atoms with Gasteiger partial charge in [0.15, 0.2) is 0 Å². The summed E-state index contributed by atoms with van der Waals surface area (Å²) in [5.41, 5.74) is 4.13. The molecule has 1 aromatic heterocycles. The zero-order valence-corrected chi connectivity index (χ0v) is 17.0. The summed E-state index contributed by atoms with van der Waals surface area (Å²) in [4.78, 5) is 5.40. The van der Waals surface area contributed by atoms with E-state index >= 15 is 0 Å². The first-order chi connectivity index (χ1) is 13.5. The van der Waals surface area contributed by atoms with Gasteiger partial charge in [-0.1, -0.05) is 36.4 Å². The molecule has 1 N–H and O–H groups in total. The number of hydrogen-bond donors (Lipinski definition) is 1. The predicted octanol–water partition coefficient (Wildman–Crippen LogP) is 4.68. The highest BCUT2D eigenvalue weighted by Crippen LogP contribution is 2.30. The van der Waals surface area contributed by atoms with Gasteiger partial charge in [0.05, 0.1) is 25.1 Å². The Labute approximate surface area is 168 Å². The fourth-order valence-corrected chi connectivity index (χ4v) is 3.55. The SMILES string of the molecule is C=C(C)CN=c1scc(-c2ccccc2OC)n1N=C(C)c1ccccc1O. The Morgan fingerprint density at radius 1 is 1.14 bits per heavy atom. The summed E-state index contributed by atoms with van der Waals surface area (Å²) >= 11 is 1.50. The molecule has 0 fully saturated rings. The maximum atomic E-state index is 10.2. The zero-order valence-electron chi connectivity index (χ0n) is 16.2. The van der Waals surface area contributed by atoms with Crippen molar-refractivity contribution in [1.29, 1.82) is 0 Å². The molecule has 28 heavy (non-hydrogen) atoms. The van der Waals surface area contributed by atoms with Gasteiger partial charge in [-0.15, -0.1) is 11.3 Å². The summed E-state index contributed by atoms with van der Waals surface area (Å²) in [7, 11) is 1.65. The quantitative estimate of drug-likeness (QED) is 0.488. The van der Waals surface area contributed by atoms with Crippen molar-refractivity contribution in [2.75, 3.05) is 13.7 Å². The number of methoxy groups -OCH3 is 1.